The lowest BCUT2D eigenvalue weighted by atomic mass is 10.1. The van der Waals surface area contributed by atoms with Crippen LogP contribution in [0.25, 0.3) is 0 Å². The maximum Gasteiger partial charge on any atom is 0.215 e. The Kier molecular flexibility index (Phi) is 12.8. The van der Waals surface area contributed by atoms with Crippen molar-refractivity contribution in [3.05, 3.63) is 35.1 Å². The molecular formula is C18H32FIN4O2S. The van der Waals surface area contributed by atoms with E-state index in [1.165, 1.54) is 16.4 Å². The largest absolute Gasteiger partial charge is 0.357 e. The van der Waals surface area contributed by atoms with E-state index in [0.717, 1.165) is 17.5 Å². The van der Waals surface area contributed by atoms with E-state index >= 15 is 0 Å². The zero-order valence-electron chi connectivity index (χ0n) is 16.6. The number of hydrogen-bond donors (Lipinski definition) is 2. The molecule has 1 aromatic carbocycles. The quantitative estimate of drug-likeness (QED) is 0.286. The average Bonchev–Trinajstić information content (AvgIpc) is 2.57. The molecule has 1 aromatic rings. The summed E-state index contributed by atoms with van der Waals surface area (Å²) in [5.41, 5.74) is 1.98. The molecule has 0 atom stereocenters. The first-order valence-corrected chi connectivity index (χ1v) is 10.7. The molecule has 0 bridgehead atoms. The number of hydrogen-bond acceptors (Lipinski definition) is 3. The molecule has 0 saturated heterocycles. The predicted molar refractivity (Wildman–Crippen MR) is 121 cm³/mol. The highest BCUT2D eigenvalue weighted by Crippen LogP contribution is 2.10. The van der Waals surface area contributed by atoms with Crippen LogP contribution in [0.15, 0.2) is 23.2 Å². The molecule has 0 aliphatic carbocycles. The number of halogens is 2. The van der Waals surface area contributed by atoms with E-state index in [-0.39, 0.29) is 42.1 Å². The van der Waals surface area contributed by atoms with Gasteiger partial charge in [-0.1, -0.05) is 19.9 Å². The zero-order valence-corrected chi connectivity index (χ0v) is 19.7. The highest BCUT2D eigenvalue weighted by Gasteiger charge is 2.17. The second-order valence-corrected chi connectivity index (χ2v) is 8.00. The smallest absolute Gasteiger partial charge is 0.215 e. The van der Waals surface area contributed by atoms with E-state index in [4.69, 9.17) is 0 Å². The third-order valence-corrected chi connectivity index (χ3v) is 6.06. The van der Waals surface area contributed by atoms with Crippen LogP contribution < -0.4 is 10.6 Å². The zero-order chi connectivity index (χ0) is 19.6. The molecule has 6 nitrogen and oxygen atoms in total. The first kappa shape index (κ1) is 26.1. The summed E-state index contributed by atoms with van der Waals surface area (Å²) in [4.78, 5) is 4.35. The summed E-state index contributed by atoms with van der Waals surface area (Å²) in [7, 11) is -3.27. The minimum Gasteiger partial charge on any atom is -0.357 e. The molecule has 0 aliphatic rings. The molecular weight excluding hydrogens is 482 g/mol. The third-order valence-electron chi connectivity index (χ3n) is 4.05. The summed E-state index contributed by atoms with van der Waals surface area (Å²) in [6.45, 7) is 9.94. The van der Waals surface area contributed by atoms with Crippen molar-refractivity contribution in [2.75, 3.05) is 38.5 Å². The number of benzene rings is 1. The number of aryl methyl sites for hydroxylation is 1. The summed E-state index contributed by atoms with van der Waals surface area (Å²) < 4.78 is 39.0. The van der Waals surface area contributed by atoms with Crippen molar-refractivity contribution in [3.63, 3.8) is 0 Å². The number of sulfonamides is 1. The van der Waals surface area contributed by atoms with Gasteiger partial charge in [0.05, 0.1) is 12.3 Å². The van der Waals surface area contributed by atoms with Crippen molar-refractivity contribution in [1.82, 2.24) is 14.9 Å². The van der Waals surface area contributed by atoms with E-state index in [2.05, 4.69) is 15.6 Å². The first-order chi connectivity index (χ1) is 12.3. The van der Waals surface area contributed by atoms with Crippen LogP contribution in [-0.2, 0) is 16.4 Å². The molecule has 0 aliphatic heterocycles. The molecule has 27 heavy (non-hydrogen) atoms. The van der Waals surface area contributed by atoms with E-state index in [1.807, 2.05) is 27.7 Å². The Hall–Kier alpha value is -0.940. The summed E-state index contributed by atoms with van der Waals surface area (Å²) in [5, 5.41) is 6.30. The van der Waals surface area contributed by atoms with Crippen LogP contribution in [0, 0.1) is 12.7 Å². The Morgan fingerprint density at radius 3 is 2.41 bits per heavy atom. The van der Waals surface area contributed by atoms with Crippen molar-refractivity contribution in [3.8, 4) is 0 Å². The fourth-order valence-electron chi connectivity index (χ4n) is 2.62. The van der Waals surface area contributed by atoms with Crippen LogP contribution >= 0.6 is 24.0 Å². The van der Waals surface area contributed by atoms with Gasteiger partial charge in [-0.3, -0.25) is 4.99 Å². The predicted octanol–water partition coefficient (Wildman–Crippen LogP) is 2.52. The van der Waals surface area contributed by atoms with Gasteiger partial charge in [-0.05, 0) is 43.5 Å². The first-order valence-electron chi connectivity index (χ1n) is 9.09. The number of rotatable bonds is 10. The summed E-state index contributed by atoms with van der Waals surface area (Å²) in [6, 6.07) is 4.76. The van der Waals surface area contributed by atoms with E-state index in [1.54, 1.807) is 6.07 Å². The molecule has 0 aromatic heterocycles. The second-order valence-electron chi connectivity index (χ2n) is 5.91. The van der Waals surface area contributed by atoms with Crippen LogP contribution in [0.2, 0.25) is 0 Å². The average molecular weight is 514 g/mol. The number of aliphatic imine (C=N–C) groups is 1. The summed E-state index contributed by atoms with van der Waals surface area (Å²) in [5.74, 6) is 0.341. The molecule has 156 valence electrons. The Labute approximate surface area is 180 Å². The molecule has 0 heterocycles. The van der Waals surface area contributed by atoms with Gasteiger partial charge in [0.25, 0.3) is 0 Å². The van der Waals surface area contributed by atoms with Crippen LogP contribution in [-0.4, -0.2) is 57.2 Å². The van der Waals surface area contributed by atoms with Crippen molar-refractivity contribution < 1.29 is 12.8 Å². The van der Waals surface area contributed by atoms with E-state index < -0.39 is 10.0 Å². The molecule has 0 radical (unpaired) electrons. The number of guanidine groups is 1. The molecule has 0 saturated carbocycles. The van der Waals surface area contributed by atoms with Crippen LogP contribution in [0.5, 0.6) is 0 Å². The number of nitrogens with one attached hydrogen (secondary N) is 2. The van der Waals surface area contributed by atoms with Gasteiger partial charge in [0.2, 0.25) is 10.0 Å². The van der Waals surface area contributed by atoms with Gasteiger partial charge in [-0.15, -0.1) is 24.0 Å². The lowest BCUT2D eigenvalue weighted by molar-refractivity contribution is 0.445. The van der Waals surface area contributed by atoms with Gasteiger partial charge in [-0.25, -0.2) is 17.1 Å². The Morgan fingerprint density at radius 1 is 1.19 bits per heavy atom. The monoisotopic (exact) mass is 514 g/mol. The molecule has 2 N–H and O–H groups in total. The maximum atomic E-state index is 13.1. The normalized spacial score (nSPS) is 12.0. The lowest BCUT2D eigenvalue weighted by Gasteiger charge is -2.18. The Morgan fingerprint density at radius 2 is 1.85 bits per heavy atom. The van der Waals surface area contributed by atoms with E-state index in [9.17, 15) is 12.8 Å². The molecule has 0 spiro atoms. The van der Waals surface area contributed by atoms with Crippen LogP contribution in [0.3, 0.4) is 0 Å². The lowest BCUT2D eigenvalue weighted by Crippen LogP contribution is -2.39. The standard InChI is InChI=1S/C18H31FN4O2S.HI/c1-5-20-18(22-12-13-26(24,25)23(6-2)7-3)21-11-10-16-8-9-17(19)14-15(16)4;/h8-9,14H,5-7,10-13H2,1-4H3,(H2,20,21,22);1H. The topological polar surface area (TPSA) is 73.8 Å². The molecule has 9 heteroatoms. The van der Waals surface area contributed by atoms with Gasteiger partial charge >= 0.3 is 0 Å². The van der Waals surface area contributed by atoms with Gasteiger partial charge in [-0.2, -0.15) is 0 Å². The molecule has 0 fully saturated rings. The van der Waals surface area contributed by atoms with E-state index in [0.29, 0.717) is 32.1 Å². The fraction of sp³-hybridized carbons (Fsp3) is 0.611. The molecule has 1 rings (SSSR count). The van der Waals surface area contributed by atoms with Crippen molar-refractivity contribution in [2.45, 2.75) is 34.1 Å². The number of nitrogens with zero attached hydrogens (tertiary/aromatic N) is 2. The van der Waals surface area contributed by atoms with Gasteiger partial charge in [0, 0.05) is 26.2 Å². The SMILES string of the molecule is CCNC(=NCCS(=O)(=O)N(CC)CC)NCCc1ccc(F)cc1C.I. The van der Waals surface area contributed by atoms with Crippen LogP contribution in [0.1, 0.15) is 31.9 Å². The van der Waals surface area contributed by atoms with Crippen molar-refractivity contribution in [1.29, 1.82) is 0 Å². The van der Waals surface area contributed by atoms with Crippen LogP contribution in [0.4, 0.5) is 4.39 Å². The van der Waals surface area contributed by atoms with Gasteiger partial charge < -0.3 is 10.6 Å². The van der Waals surface area contributed by atoms with Crippen molar-refractivity contribution >= 4 is 40.0 Å². The minimum atomic E-state index is -3.27. The maximum absolute atomic E-state index is 13.1. The highest BCUT2D eigenvalue weighted by atomic mass is 127. The fourth-order valence-corrected chi connectivity index (χ4v) is 3.98. The highest BCUT2D eigenvalue weighted by molar-refractivity contribution is 14.0. The van der Waals surface area contributed by atoms with Gasteiger partial charge in [0.1, 0.15) is 5.82 Å². The minimum absolute atomic E-state index is 0. The third kappa shape index (κ3) is 9.20. The summed E-state index contributed by atoms with van der Waals surface area (Å²) >= 11 is 0. The Bertz CT molecular complexity index is 695. The summed E-state index contributed by atoms with van der Waals surface area (Å²) in [6.07, 6.45) is 0.730. The second kappa shape index (κ2) is 13.3. The molecule has 0 amide bonds. The van der Waals surface area contributed by atoms with Gasteiger partial charge in [0.15, 0.2) is 5.96 Å². The van der Waals surface area contributed by atoms with Crippen molar-refractivity contribution in [2.24, 2.45) is 4.99 Å². The molecule has 0 unspecified atom stereocenters. The Balaban J connectivity index is 0.00000676.